The zero-order valence-electron chi connectivity index (χ0n) is 13.7. The molecule has 0 N–H and O–H groups in total. The van der Waals surface area contributed by atoms with Gasteiger partial charge >= 0.3 is 0 Å². The molecule has 3 aliphatic rings. The second-order valence-electron chi connectivity index (χ2n) is 7.11. The van der Waals surface area contributed by atoms with Gasteiger partial charge in [0.25, 0.3) is 0 Å². The van der Waals surface area contributed by atoms with Crippen molar-refractivity contribution in [3.63, 3.8) is 0 Å². The number of likely N-dealkylation sites (tertiary alicyclic amines) is 2. The second kappa shape index (κ2) is 6.91. The van der Waals surface area contributed by atoms with Crippen LogP contribution >= 0.6 is 11.3 Å². The van der Waals surface area contributed by atoms with Crippen molar-refractivity contribution in [3.05, 3.63) is 22.4 Å². The van der Waals surface area contributed by atoms with Crippen LogP contribution in [0.25, 0.3) is 0 Å². The number of carbonyl (C=O) groups excluding carboxylic acids is 1. The second-order valence-corrected chi connectivity index (χ2v) is 8.14. The summed E-state index contributed by atoms with van der Waals surface area (Å²) in [7, 11) is 0. The van der Waals surface area contributed by atoms with E-state index in [0.717, 1.165) is 45.1 Å². The maximum atomic E-state index is 12.6. The first kappa shape index (κ1) is 15.6. The maximum Gasteiger partial charge on any atom is 0.228 e. The van der Waals surface area contributed by atoms with Crippen LogP contribution in [0.4, 0.5) is 0 Å². The van der Waals surface area contributed by atoms with Gasteiger partial charge in [-0.15, -0.1) is 11.3 Å². The normalized spacial score (nSPS) is 29.1. The molecule has 0 spiro atoms. The molecule has 1 aromatic rings. The van der Waals surface area contributed by atoms with Crippen molar-refractivity contribution in [2.75, 3.05) is 32.8 Å². The fourth-order valence-corrected chi connectivity index (χ4v) is 5.23. The number of hydrogen-bond donors (Lipinski definition) is 0. The van der Waals surface area contributed by atoms with Gasteiger partial charge in [0.05, 0.1) is 6.42 Å². The highest BCUT2D eigenvalue weighted by Gasteiger charge is 2.44. The SMILES string of the molecule is O=C(Cc1cccs1)N1CC[C@@H]2[C@@H]1CCN2CC1CCOCC1. The lowest BCUT2D eigenvalue weighted by atomic mass is 9.99. The van der Waals surface area contributed by atoms with Crippen LogP contribution in [0.1, 0.15) is 30.6 Å². The van der Waals surface area contributed by atoms with Crippen LogP contribution < -0.4 is 0 Å². The third kappa shape index (κ3) is 3.32. The van der Waals surface area contributed by atoms with Gasteiger partial charge in [0.15, 0.2) is 0 Å². The Morgan fingerprint density at radius 1 is 1.17 bits per heavy atom. The third-order valence-electron chi connectivity index (χ3n) is 5.75. The Balaban J connectivity index is 1.34. The fraction of sp³-hybridized carbons (Fsp3) is 0.722. The van der Waals surface area contributed by atoms with Crippen LogP contribution in [-0.2, 0) is 16.0 Å². The van der Waals surface area contributed by atoms with E-state index < -0.39 is 0 Å². The van der Waals surface area contributed by atoms with Crippen LogP contribution in [0.15, 0.2) is 17.5 Å². The van der Waals surface area contributed by atoms with Crippen molar-refractivity contribution in [2.24, 2.45) is 5.92 Å². The zero-order valence-corrected chi connectivity index (χ0v) is 14.5. The van der Waals surface area contributed by atoms with Gasteiger partial charge in [-0.3, -0.25) is 9.69 Å². The third-order valence-corrected chi connectivity index (χ3v) is 6.63. The Labute approximate surface area is 142 Å². The number of amides is 1. The molecule has 0 aromatic carbocycles. The standard InChI is InChI=1S/C18H26N2O2S/c21-18(12-15-2-1-11-23-15)20-8-4-16-17(20)3-7-19(16)13-14-5-9-22-10-6-14/h1-2,11,14,16-17H,3-10,12-13H2/t16-,17+/m1/s1. The van der Waals surface area contributed by atoms with E-state index in [4.69, 9.17) is 4.74 Å². The Morgan fingerprint density at radius 2 is 2.00 bits per heavy atom. The number of rotatable bonds is 4. The molecule has 23 heavy (non-hydrogen) atoms. The minimum atomic E-state index is 0.327. The van der Waals surface area contributed by atoms with Crippen molar-refractivity contribution in [2.45, 2.75) is 44.2 Å². The van der Waals surface area contributed by atoms with Crippen LogP contribution in [0.3, 0.4) is 0 Å². The highest BCUT2D eigenvalue weighted by Crippen LogP contribution is 2.33. The predicted octanol–water partition coefficient (Wildman–Crippen LogP) is 2.39. The highest BCUT2D eigenvalue weighted by atomic mass is 32.1. The molecule has 4 nitrogen and oxygen atoms in total. The molecule has 1 amide bonds. The summed E-state index contributed by atoms with van der Waals surface area (Å²) >= 11 is 1.69. The van der Waals surface area contributed by atoms with E-state index in [1.54, 1.807) is 11.3 Å². The lowest BCUT2D eigenvalue weighted by Gasteiger charge is -2.30. The zero-order chi connectivity index (χ0) is 15.6. The van der Waals surface area contributed by atoms with E-state index in [0.29, 0.717) is 24.4 Å². The quantitative estimate of drug-likeness (QED) is 0.848. The lowest BCUT2D eigenvalue weighted by Crippen LogP contribution is -2.41. The van der Waals surface area contributed by atoms with Gasteiger partial charge in [0, 0.05) is 49.8 Å². The summed E-state index contributed by atoms with van der Waals surface area (Å²) in [6.45, 7) is 5.17. The van der Waals surface area contributed by atoms with Crippen molar-refractivity contribution >= 4 is 17.2 Å². The summed E-state index contributed by atoms with van der Waals surface area (Å²) in [6, 6.07) is 5.17. The van der Waals surface area contributed by atoms with Gasteiger partial charge < -0.3 is 9.64 Å². The molecule has 0 saturated carbocycles. The van der Waals surface area contributed by atoms with Gasteiger partial charge in [-0.1, -0.05) is 6.07 Å². The number of hydrogen-bond acceptors (Lipinski definition) is 4. The van der Waals surface area contributed by atoms with E-state index in [2.05, 4.69) is 21.2 Å². The molecule has 3 saturated heterocycles. The first-order valence-corrected chi connectivity index (χ1v) is 9.83. The molecule has 0 bridgehead atoms. The molecule has 0 aliphatic carbocycles. The number of ether oxygens (including phenoxy) is 1. The van der Waals surface area contributed by atoms with Crippen LogP contribution in [-0.4, -0.2) is 60.6 Å². The lowest BCUT2D eigenvalue weighted by molar-refractivity contribution is -0.131. The van der Waals surface area contributed by atoms with E-state index in [1.807, 2.05) is 6.07 Å². The fourth-order valence-electron chi connectivity index (χ4n) is 4.54. The van der Waals surface area contributed by atoms with Gasteiger partial charge in [-0.25, -0.2) is 0 Å². The Hall–Kier alpha value is -0.910. The molecule has 1 aromatic heterocycles. The highest BCUT2D eigenvalue weighted by molar-refractivity contribution is 7.10. The van der Waals surface area contributed by atoms with Gasteiger partial charge in [-0.2, -0.15) is 0 Å². The summed E-state index contributed by atoms with van der Waals surface area (Å²) in [5.41, 5.74) is 0. The van der Waals surface area contributed by atoms with E-state index in [9.17, 15) is 4.79 Å². The summed E-state index contributed by atoms with van der Waals surface area (Å²) in [5, 5.41) is 2.06. The molecule has 5 heteroatoms. The molecule has 3 aliphatic heterocycles. The molecule has 4 rings (SSSR count). The molecule has 2 atom stereocenters. The molecule has 0 radical (unpaired) electrons. The first-order chi connectivity index (χ1) is 11.3. The summed E-state index contributed by atoms with van der Waals surface area (Å²) in [5.74, 6) is 1.12. The topological polar surface area (TPSA) is 32.8 Å². The monoisotopic (exact) mass is 334 g/mol. The number of fused-ring (bicyclic) bond motifs is 1. The number of thiophene rings is 1. The number of carbonyl (C=O) groups is 1. The largest absolute Gasteiger partial charge is 0.381 e. The van der Waals surface area contributed by atoms with Crippen molar-refractivity contribution in [3.8, 4) is 0 Å². The molecular weight excluding hydrogens is 308 g/mol. The summed E-state index contributed by atoms with van der Waals surface area (Å²) in [4.78, 5) is 18.7. The van der Waals surface area contributed by atoms with Crippen molar-refractivity contribution in [1.82, 2.24) is 9.80 Å². The average molecular weight is 334 g/mol. The van der Waals surface area contributed by atoms with E-state index in [1.165, 1.54) is 24.3 Å². The maximum absolute atomic E-state index is 12.6. The van der Waals surface area contributed by atoms with Gasteiger partial charge in [0.1, 0.15) is 0 Å². The Bertz CT molecular complexity index is 527. The first-order valence-electron chi connectivity index (χ1n) is 8.95. The minimum Gasteiger partial charge on any atom is -0.381 e. The molecule has 126 valence electrons. The Morgan fingerprint density at radius 3 is 2.78 bits per heavy atom. The smallest absolute Gasteiger partial charge is 0.228 e. The molecule has 0 unspecified atom stereocenters. The molecule has 4 heterocycles. The van der Waals surface area contributed by atoms with Crippen molar-refractivity contribution < 1.29 is 9.53 Å². The minimum absolute atomic E-state index is 0.327. The van der Waals surface area contributed by atoms with Crippen molar-refractivity contribution in [1.29, 1.82) is 0 Å². The van der Waals surface area contributed by atoms with E-state index in [-0.39, 0.29) is 0 Å². The van der Waals surface area contributed by atoms with Crippen LogP contribution in [0.2, 0.25) is 0 Å². The molecular formula is C18H26N2O2S. The van der Waals surface area contributed by atoms with Gasteiger partial charge in [0.2, 0.25) is 5.91 Å². The Kier molecular flexibility index (Phi) is 4.69. The van der Waals surface area contributed by atoms with E-state index >= 15 is 0 Å². The van der Waals surface area contributed by atoms with Crippen LogP contribution in [0.5, 0.6) is 0 Å². The predicted molar refractivity (Wildman–Crippen MR) is 91.7 cm³/mol. The van der Waals surface area contributed by atoms with Crippen LogP contribution in [0, 0.1) is 5.92 Å². The number of nitrogens with zero attached hydrogens (tertiary/aromatic N) is 2. The summed E-state index contributed by atoms with van der Waals surface area (Å²) in [6.07, 6.45) is 5.30. The van der Waals surface area contributed by atoms with Gasteiger partial charge in [-0.05, 0) is 43.0 Å². The summed E-state index contributed by atoms with van der Waals surface area (Å²) < 4.78 is 5.48. The average Bonchev–Trinajstić information content (AvgIpc) is 3.27. The molecule has 3 fully saturated rings.